The van der Waals surface area contributed by atoms with Crippen LogP contribution in [0.15, 0.2) is 261 Å². The van der Waals surface area contributed by atoms with Crippen molar-refractivity contribution in [1.82, 2.24) is 0 Å². The van der Waals surface area contributed by atoms with Crippen LogP contribution in [0, 0.1) is 0 Å². The lowest BCUT2D eigenvalue weighted by Gasteiger charge is -2.29. The molecule has 1 heteroatoms. The second-order valence-electron chi connectivity index (χ2n) is 16.0. The van der Waals surface area contributed by atoms with E-state index in [4.69, 9.17) is 0 Å². The fraction of sp³-hybridized carbons (Fsp3) is 0. The van der Waals surface area contributed by atoms with Crippen molar-refractivity contribution in [3.05, 3.63) is 261 Å². The summed E-state index contributed by atoms with van der Waals surface area (Å²) in [6, 6.07) is 94.7. The first-order valence-electron chi connectivity index (χ1n) is 21.7. The third kappa shape index (κ3) is 7.16. The Hall–Kier alpha value is -8.26. The zero-order valence-electron chi connectivity index (χ0n) is 34.8. The maximum absolute atomic E-state index is 2.46. The Balaban J connectivity index is 1.15. The third-order valence-electron chi connectivity index (χ3n) is 12.3. The van der Waals surface area contributed by atoms with E-state index in [0.717, 1.165) is 22.6 Å². The number of hydrogen-bond donors (Lipinski definition) is 0. The molecule has 11 aromatic rings. The van der Waals surface area contributed by atoms with Gasteiger partial charge in [0.25, 0.3) is 0 Å². The first-order valence-corrected chi connectivity index (χ1v) is 21.7. The predicted molar refractivity (Wildman–Crippen MR) is 269 cm³/mol. The van der Waals surface area contributed by atoms with Crippen molar-refractivity contribution in [1.29, 1.82) is 0 Å². The minimum atomic E-state index is 1.08. The monoisotopic (exact) mass is 801 g/mol. The van der Waals surface area contributed by atoms with Crippen LogP contribution >= 0.6 is 0 Å². The van der Waals surface area contributed by atoms with E-state index in [1.165, 1.54) is 82.7 Å². The van der Waals surface area contributed by atoms with Gasteiger partial charge in [0.15, 0.2) is 0 Å². The van der Waals surface area contributed by atoms with Gasteiger partial charge in [0, 0.05) is 16.8 Å². The number of nitrogens with zero attached hydrogens (tertiary/aromatic N) is 1. The second-order valence-corrected chi connectivity index (χ2v) is 16.0. The van der Waals surface area contributed by atoms with Gasteiger partial charge in [-0.1, -0.05) is 224 Å². The van der Waals surface area contributed by atoms with Gasteiger partial charge in [-0.3, -0.25) is 0 Å². The molecule has 0 spiro atoms. The Morgan fingerprint density at radius 2 is 0.651 bits per heavy atom. The average Bonchev–Trinajstić information content (AvgIpc) is 3.37. The lowest BCUT2D eigenvalue weighted by atomic mass is 9.84. The van der Waals surface area contributed by atoms with E-state index in [-0.39, 0.29) is 0 Å². The summed E-state index contributed by atoms with van der Waals surface area (Å²) in [5, 5.41) is 4.86. The van der Waals surface area contributed by atoms with E-state index in [0.29, 0.717) is 0 Å². The molecule has 0 saturated carbocycles. The molecular weight excluding hydrogens is 759 g/mol. The van der Waals surface area contributed by atoms with Crippen LogP contribution in [0.3, 0.4) is 0 Å². The first-order chi connectivity index (χ1) is 31.3. The number of hydrogen-bond acceptors (Lipinski definition) is 1. The van der Waals surface area contributed by atoms with Gasteiger partial charge in [-0.05, 0) is 119 Å². The molecule has 0 unspecified atom stereocenters. The molecule has 1 nitrogen and oxygen atoms in total. The predicted octanol–water partition coefficient (Wildman–Crippen LogP) is 17.5. The summed E-state index contributed by atoms with van der Waals surface area (Å²) in [6.07, 6.45) is 0. The van der Waals surface area contributed by atoms with Crippen molar-refractivity contribution in [2.24, 2.45) is 0 Å². The second kappa shape index (κ2) is 16.7. The Kier molecular flexibility index (Phi) is 9.97. The molecular formula is C62H43N. The van der Waals surface area contributed by atoms with E-state index in [1.807, 2.05) is 0 Å². The highest BCUT2D eigenvalue weighted by molar-refractivity contribution is 6.25. The molecule has 0 radical (unpaired) electrons. The summed E-state index contributed by atoms with van der Waals surface area (Å²) in [4.78, 5) is 2.46. The van der Waals surface area contributed by atoms with E-state index in [2.05, 4.69) is 266 Å². The summed E-state index contributed by atoms with van der Waals surface area (Å²) in [5.74, 6) is 0. The standard InChI is InChI=1S/C62H43N/c1-6-20-44(21-7-1)50-30-18-31-53(42-50)63(52-39-36-47(37-40-52)54-41-38-51(45-22-8-2-9-23-45)43-58(54)46-24-10-3-11-25-46)59-35-19-34-57-61(49-28-14-5-15-29-49)60(48-26-12-4-13-27-48)55-32-16-17-33-56(55)62(57)59/h1-43H. The van der Waals surface area contributed by atoms with Gasteiger partial charge >= 0.3 is 0 Å². The maximum Gasteiger partial charge on any atom is 0.0546 e. The molecule has 0 amide bonds. The smallest absolute Gasteiger partial charge is 0.0546 e. The van der Waals surface area contributed by atoms with Crippen LogP contribution in [-0.4, -0.2) is 0 Å². The molecule has 0 aliphatic carbocycles. The molecule has 0 heterocycles. The molecule has 0 atom stereocenters. The van der Waals surface area contributed by atoms with Crippen LogP contribution in [0.5, 0.6) is 0 Å². The molecule has 296 valence electrons. The van der Waals surface area contributed by atoms with Crippen molar-refractivity contribution in [3.8, 4) is 66.8 Å². The van der Waals surface area contributed by atoms with Crippen LogP contribution < -0.4 is 4.90 Å². The fourth-order valence-corrected chi connectivity index (χ4v) is 9.35. The molecule has 63 heavy (non-hydrogen) atoms. The van der Waals surface area contributed by atoms with Crippen molar-refractivity contribution in [2.75, 3.05) is 4.90 Å². The van der Waals surface area contributed by atoms with E-state index < -0.39 is 0 Å². The van der Waals surface area contributed by atoms with Gasteiger partial charge in [-0.2, -0.15) is 0 Å². The SMILES string of the molecule is c1ccc(-c2cccc(N(c3ccc(-c4ccc(-c5ccccc5)cc4-c4ccccc4)cc3)c3cccc4c(-c5ccccc5)c(-c5ccccc5)c5ccccc5c34)c2)cc1. The molecule has 11 aromatic carbocycles. The summed E-state index contributed by atoms with van der Waals surface area (Å²) in [6.45, 7) is 0. The topological polar surface area (TPSA) is 3.24 Å². The Morgan fingerprint density at radius 3 is 1.25 bits per heavy atom. The largest absolute Gasteiger partial charge is 0.310 e. The Labute approximate surface area is 369 Å². The highest BCUT2D eigenvalue weighted by Crippen LogP contribution is 2.50. The minimum absolute atomic E-state index is 1.08. The Morgan fingerprint density at radius 1 is 0.222 bits per heavy atom. The average molecular weight is 802 g/mol. The summed E-state index contributed by atoms with van der Waals surface area (Å²) in [7, 11) is 0. The van der Waals surface area contributed by atoms with Crippen LogP contribution in [0.1, 0.15) is 0 Å². The van der Waals surface area contributed by atoms with Crippen molar-refractivity contribution in [2.45, 2.75) is 0 Å². The van der Waals surface area contributed by atoms with Gasteiger partial charge in [0.2, 0.25) is 0 Å². The molecule has 0 aliphatic rings. The van der Waals surface area contributed by atoms with Crippen molar-refractivity contribution < 1.29 is 0 Å². The molecule has 0 aliphatic heterocycles. The fourth-order valence-electron chi connectivity index (χ4n) is 9.35. The first kappa shape index (κ1) is 37.7. The number of fused-ring (bicyclic) bond motifs is 3. The van der Waals surface area contributed by atoms with Gasteiger partial charge in [-0.25, -0.2) is 0 Å². The van der Waals surface area contributed by atoms with E-state index >= 15 is 0 Å². The summed E-state index contributed by atoms with van der Waals surface area (Å²) >= 11 is 0. The zero-order valence-corrected chi connectivity index (χ0v) is 34.8. The van der Waals surface area contributed by atoms with Crippen LogP contribution in [-0.2, 0) is 0 Å². The minimum Gasteiger partial charge on any atom is -0.310 e. The van der Waals surface area contributed by atoms with E-state index in [1.54, 1.807) is 0 Å². The number of anilines is 3. The summed E-state index contributed by atoms with van der Waals surface area (Å²) in [5.41, 5.74) is 17.7. The van der Waals surface area contributed by atoms with Crippen LogP contribution in [0.4, 0.5) is 17.1 Å². The van der Waals surface area contributed by atoms with Crippen LogP contribution in [0.25, 0.3) is 88.3 Å². The molecule has 0 fully saturated rings. The summed E-state index contributed by atoms with van der Waals surface area (Å²) < 4.78 is 0. The van der Waals surface area contributed by atoms with Crippen LogP contribution in [0.2, 0.25) is 0 Å². The van der Waals surface area contributed by atoms with Gasteiger partial charge in [0.1, 0.15) is 0 Å². The lowest BCUT2D eigenvalue weighted by Crippen LogP contribution is -2.11. The quantitative estimate of drug-likeness (QED) is 0.131. The zero-order chi connectivity index (χ0) is 42.0. The van der Waals surface area contributed by atoms with Gasteiger partial charge < -0.3 is 4.90 Å². The van der Waals surface area contributed by atoms with Crippen molar-refractivity contribution in [3.63, 3.8) is 0 Å². The third-order valence-corrected chi connectivity index (χ3v) is 12.3. The van der Waals surface area contributed by atoms with Crippen molar-refractivity contribution >= 4 is 38.6 Å². The Bertz CT molecular complexity index is 3340. The molecule has 0 N–H and O–H groups in total. The highest BCUT2D eigenvalue weighted by atomic mass is 15.1. The van der Waals surface area contributed by atoms with Gasteiger partial charge in [-0.15, -0.1) is 0 Å². The molecule has 11 rings (SSSR count). The van der Waals surface area contributed by atoms with E-state index in [9.17, 15) is 0 Å². The molecule has 0 bridgehead atoms. The number of rotatable bonds is 9. The molecule has 0 saturated heterocycles. The maximum atomic E-state index is 2.46. The molecule has 0 aromatic heterocycles. The van der Waals surface area contributed by atoms with Gasteiger partial charge in [0.05, 0.1) is 5.69 Å². The number of benzene rings is 11. The highest BCUT2D eigenvalue weighted by Gasteiger charge is 2.23. The lowest BCUT2D eigenvalue weighted by molar-refractivity contribution is 1.30. The normalized spacial score (nSPS) is 11.2.